The zero-order valence-electron chi connectivity index (χ0n) is 16.5. The molecule has 2 heteroatoms. The number of benzene rings is 3. The molecule has 0 fully saturated rings. The van der Waals surface area contributed by atoms with Crippen molar-refractivity contribution >= 4 is 11.6 Å². The van der Waals surface area contributed by atoms with Gasteiger partial charge in [0.05, 0.1) is 0 Å². The minimum Gasteiger partial charge on any atom is -0.294 e. The summed E-state index contributed by atoms with van der Waals surface area (Å²) in [7, 11) is 0. The molecule has 0 aliphatic rings. The third-order valence-corrected chi connectivity index (χ3v) is 5.37. The molecule has 3 aromatic carbocycles. The molecule has 0 saturated heterocycles. The average molecular weight is 356 g/mol. The van der Waals surface area contributed by atoms with Crippen LogP contribution in [0.15, 0.2) is 54.6 Å². The van der Waals surface area contributed by atoms with Crippen LogP contribution in [0.2, 0.25) is 0 Å². The van der Waals surface area contributed by atoms with E-state index < -0.39 is 0 Å². The van der Waals surface area contributed by atoms with Gasteiger partial charge in [-0.2, -0.15) is 0 Å². The zero-order chi connectivity index (χ0) is 19.7. The topological polar surface area (TPSA) is 34.1 Å². The number of ketones is 2. The van der Waals surface area contributed by atoms with Crippen LogP contribution in [-0.4, -0.2) is 11.6 Å². The summed E-state index contributed by atoms with van der Waals surface area (Å²) in [5.74, 6) is 0.0103. The van der Waals surface area contributed by atoms with E-state index in [1.807, 2.05) is 49.4 Å². The lowest BCUT2D eigenvalue weighted by molar-refractivity contribution is 0.100. The largest absolute Gasteiger partial charge is 0.294 e. The van der Waals surface area contributed by atoms with Crippen molar-refractivity contribution in [3.8, 4) is 22.3 Å². The third kappa shape index (κ3) is 3.23. The molecule has 3 aromatic rings. The van der Waals surface area contributed by atoms with Gasteiger partial charge in [-0.1, -0.05) is 54.6 Å². The van der Waals surface area contributed by atoms with Crippen molar-refractivity contribution in [2.75, 3.05) is 0 Å². The molecule has 0 heterocycles. The van der Waals surface area contributed by atoms with Crippen molar-refractivity contribution in [2.24, 2.45) is 0 Å². The molecule has 0 N–H and O–H groups in total. The summed E-state index contributed by atoms with van der Waals surface area (Å²) in [6.07, 6.45) is 0. The summed E-state index contributed by atoms with van der Waals surface area (Å²) >= 11 is 0. The van der Waals surface area contributed by atoms with E-state index in [-0.39, 0.29) is 11.6 Å². The summed E-state index contributed by atoms with van der Waals surface area (Å²) in [6, 6.07) is 17.7. The highest BCUT2D eigenvalue weighted by Gasteiger charge is 2.24. The van der Waals surface area contributed by atoms with Crippen molar-refractivity contribution in [3.63, 3.8) is 0 Å². The Morgan fingerprint density at radius 3 is 1.81 bits per heavy atom. The zero-order valence-corrected chi connectivity index (χ0v) is 16.5. The summed E-state index contributed by atoms with van der Waals surface area (Å²) in [5.41, 5.74) is 8.32. The Labute approximate surface area is 160 Å². The highest BCUT2D eigenvalue weighted by atomic mass is 16.1. The van der Waals surface area contributed by atoms with Gasteiger partial charge in [-0.15, -0.1) is 0 Å². The highest BCUT2D eigenvalue weighted by molar-refractivity contribution is 6.11. The summed E-state index contributed by atoms with van der Waals surface area (Å²) in [5, 5.41) is 0. The quantitative estimate of drug-likeness (QED) is 0.510. The van der Waals surface area contributed by atoms with E-state index >= 15 is 0 Å². The lowest BCUT2D eigenvalue weighted by Gasteiger charge is -2.23. The smallest absolute Gasteiger partial charge is 0.160 e. The molecule has 0 radical (unpaired) electrons. The molecule has 136 valence electrons. The number of rotatable bonds is 4. The van der Waals surface area contributed by atoms with E-state index in [0.29, 0.717) is 11.1 Å². The highest BCUT2D eigenvalue weighted by Crippen LogP contribution is 2.42. The fourth-order valence-corrected chi connectivity index (χ4v) is 3.84. The summed E-state index contributed by atoms with van der Waals surface area (Å²) < 4.78 is 0. The summed E-state index contributed by atoms with van der Waals surface area (Å²) in [6.45, 7) is 9.32. The number of carbonyl (C=O) groups is 2. The standard InChI is InChI=1S/C25H24O2/c1-15-16(2)23(19(5)27)25(22-14-10-9-13-21(22)18(4)26)24(17(15)3)20-11-7-6-8-12-20/h6-14H,1-5H3. The van der Waals surface area contributed by atoms with Crippen LogP contribution >= 0.6 is 0 Å². The minimum absolute atomic E-state index is 0.00463. The first-order valence-corrected chi connectivity index (χ1v) is 9.15. The van der Waals surface area contributed by atoms with Gasteiger partial charge >= 0.3 is 0 Å². The fraction of sp³-hybridized carbons (Fsp3) is 0.200. The minimum atomic E-state index is -0.00463. The Morgan fingerprint density at radius 2 is 1.22 bits per heavy atom. The van der Waals surface area contributed by atoms with E-state index in [4.69, 9.17) is 0 Å². The molecule has 0 amide bonds. The van der Waals surface area contributed by atoms with Gasteiger partial charge in [0, 0.05) is 16.7 Å². The molecular weight excluding hydrogens is 332 g/mol. The van der Waals surface area contributed by atoms with Crippen molar-refractivity contribution in [2.45, 2.75) is 34.6 Å². The van der Waals surface area contributed by atoms with Gasteiger partial charge in [0.1, 0.15) is 0 Å². The molecule has 27 heavy (non-hydrogen) atoms. The van der Waals surface area contributed by atoms with Crippen LogP contribution < -0.4 is 0 Å². The number of Topliss-reactive ketones (excluding diaryl/α,β-unsaturated/α-hetero) is 2. The van der Waals surface area contributed by atoms with Gasteiger partial charge in [-0.05, 0) is 68.0 Å². The fourth-order valence-electron chi connectivity index (χ4n) is 3.84. The van der Waals surface area contributed by atoms with Crippen LogP contribution in [0.3, 0.4) is 0 Å². The van der Waals surface area contributed by atoms with Crippen molar-refractivity contribution in [1.82, 2.24) is 0 Å². The molecule has 0 atom stereocenters. The normalized spacial score (nSPS) is 10.7. The number of hydrogen-bond donors (Lipinski definition) is 0. The van der Waals surface area contributed by atoms with E-state index in [9.17, 15) is 9.59 Å². The van der Waals surface area contributed by atoms with E-state index in [1.54, 1.807) is 13.8 Å². The first-order chi connectivity index (χ1) is 12.8. The number of hydrogen-bond acceptors (Lipinski definition) is 2. The SMILES string of the molecule is CC(=O)c1ccccc1-c1c(C(C)=O)c(C)c(C)c(C)c1-c1ccccc1. The molecule has 0 unspecified atom stereocenters. The maximum Gasteiger partial charge on any atom is 0.160 e. The molecule has 2 nitrogen and oxygen atoms in total. The molecule has 0 spiro atoms. The van der Waals surface area contributed by atoms with Gasteiger partial charge in [-0.25, -0.2) is 0 Å². The van der Waals surface area contributed by atoms with Crippen molar-refractivity contribution in [3.05, 3.63) is 82.4 Å². The Balaban J connectivity index is 2.57. The van der Waals surface area contributed by atoms with Gasteiger partial charge in [-0.3, -0.25) is 9.59 Å². The van der Waals surface area contributed by atoms with Gasteiger partial charge in [0.15, 0.2) is 11.6 Å². The second-order valence-corrected chi connectivity index (χ2v) is 7.02. The second-order valence-electron chi connectivity index (χ2n) is 7.02. The second kappa shape index (κ2) is 7.32. The molecule has 0 bridgehead atoms. The van der Waals surface area contributed by atoms with Gasteiger partial charge in [0.25, 0.3) is 0 Å². The molecule has 0 aliphatic heterocycles. The van der Waals surface area contributed by atoms with Crippen LogP contribution in [0, 0.1) is 20.8 Å². The molecule has 0 saturated carbocycles. The first-order valence-electron chi connectivity index (χ1n) is 9.15. The van der Waals surface area contributed by atoms with E-state index in [0.717, 1.165) is 38.9 Å². The van der Waals surface area contributed by atoms with Gasteiger partial charge < -0.3 is 0 Å². The molecular formula is C25H24O2. The van der Waals surface area contributed by atoms with Crippen LogP contribution in [0.1, 0.15) is 51.3 Å². The number of carbonyl (C=O) groups excluding carboxylic acids is 2. The van der Waals surface area contributed by atoms with E-state index in [2.05, 4.69) is 26.0 Å². The Kier molecular flexibility index (Phi) is 5.09. The lowest BCUT2D eigenvalue weighted by atomic mass is 9.80. The molecule has 0 aromatic heterocycles. The van der Waals surface area contributed by atoms with Crippen LogP contribution in [0.5, 0.6) is 0 Å². The lowest BCUT2D eigenvalue weighted by Crippen LogP contribution is -2.08. The Hall–Kier alpha value is -3.00. The van der Waals surface area contributed by atoms with Crippen molar-refractivity contribution < 1.29 is 9.59 Å². The van der Waals surface area contributed by atoms with E-state index in [1.165, 1.54) is 0 Å². The monoisotopic (exact) mass is 356 g/mol. The Bertz CT molecular complexity index is 1040. The maximum absolute atomic E-state index is 12.7. The first kappa shape index (κ1) is 18.8. The van der Waals surface area contributed by atoms with Crippen LogP contribution in [0.4, 0.5) is 0 Å². The average Bonchev–Trinajstić information content (AvgIpc) is 2.66. The Morgan fingerprint density at radius 1 is 0.630 bits per heavy atom. The predicted octanol–water partition coefficient (Wildman–Crippen LogP) is 6.35. The predicted molar refractivity (Wildman–Crippen MR) is 112 cm³/mol. The third-order valence-electron chi connectivity index (χ3n) is 5.37. The van der Waals surface area contributed by atoms with Crippen LogP contribution in [0.25, 0.3) is 22.3 Å². The van der Waals surface area contributed by atoms with Crippen molar-refractivity contribution in [1.29, 1.82) is 0 Å². The maximum atomic E-state index is 12.7. The molecule has 3 rings (SSSR count). The van der Waals surface area contributed by atoms with Gasteiger partial charge in [0.2, 0.25) is 0 Å². The van der Waals surface area contributed by atoms with Crippen LogP contribution in [-0.2, 0) is 0 Å². The molecule has 0 aliphatic carbocycles. The summed E-state index contributed by atoms with van der Waals surface area (Å²) in [4.78, 5) is 25.0.